The maximum atomic E-state index is 13.2. The molecule has 0 spiro atoms. The molecule has 1 amide bonds. The molecule has 0 saturated carbocycles. The number of hydrogen-bond acceptors (Lipinski definition) is 4. The Hall–Kier alpha value is -2.27. The second-order valence-electron chi connectivity index (χ2n) is 6.24. The van der Waals surface area contributed by atoms with Crippen molar-refractivity contribution in [3.05, 3.63) is 60.2 Å². The summed E-state index contributed by atoms with van der Waals surface area (Å²) in [6.45, 7) is 1.69. The van der Waals surface area contributed by atoms with E-state index in [1.54, 1.807) is 0 Å². The fraction of sp³-hybridized carbons (Fsp3) is 0.300. The van der Waals surface area contributed by atoms with E-state index in [2.05, 4.69) is 4.98 Å². The normalized spacial score (nSPS) is 16.1. The van der Waals surface area contributed by atoms with Gasteiger partial charge in [-0.25, -0.2) is 4.98 Å². The lowest BCUT2D eigenvalue weighted by Gasteiger charge is -2.30. The van der Waals surface area contributed by atoms with Gasteiger partial charge in [0.05, 0.1) is 0 Å². The lowest BCUT2D eigenvalue weighted by molar-refractivity contribution is -0.131. The van der Waals surface area contributed by atoms with Gasteiger partial charge in [-0.2, -0.15) is 0 Å². The molecule has 0 radical (unpaired) electrons. The van der Waals surface area contributed by atoms with E-state index in [0.29, 0.717) is 5.22 Å². The van der Waals surface area contributed by atoms with Gasteiger partial charge in [-0.1, -0.05) is 42.5 Å². The molecule has 4 rings (SSSR count). The van der Waals surface area contributed by atoms with Crippen molar-refractivity contribution in [2.75, 3.05) is 13.1 Å². The number of amides is 1. The Morgan fingerprint density at radius 3 is 2.48 bits per heavy atom. The number of oxazole rings is 1. The maximum absolute atomic E-state index is 13.2. The zero-order valence-corrected chi connectivity index (χ0v) is 14.7. The molecule has 3 aromatic rings. The third-order valence-electron chi connectivity index (χ3n) is 4.49. The molecule has 0 bridgehead atoms. The molecule has 1 atom stereocenters. The number of hydrogen-bond donors (Lipinski definition) is 0. The van der Waals surface area contributed by atoms with Crippen LogP contribution in [0.25, 0.3) is 11.1 Å². The van der Waals surface area contributed by atoms with Gasteiger partial charge in [0.15, 0.2) is 5.58 Å². The molecule has 1 fully saturated rings. The molecule has 25 heavy (non-hydrogen) atoms. The number of thioether (sulfide) groups is 1. The highest BCUT2D eigenvalue weighted by atomic mass is 32.2. The van der Waals surface area contributed by atoms with Crippen LogP contribution < -0.4 is 0 Å². The van der Waals surface area contributed by atoms with Crippen LogP contribution in [0.3, 0.4) is 0 Å². The first-order chi connectivity index (χ1) is 12.3. The number of likely N-dealkylation sites (tertiary alicyclic amines) is 1. The predicted octanol–water partition coefficient (Wildman–Crippen LogP) is 4.67. The molecule has 1 aliphatic heterocycles. The first-order valence-electron chi connectivity index (χ1n) is 8.67. The number of para-hydroxylation sites is 2. The third kappa shape index (κ3) is 3.56. The van der Waals surface area contributed by atoms with E-state index in [1.165, 1.54) is 18.2 Å². The molecular formula is C20H20N2O2S. The zero-order valence-electron chi connectivity index (χ0n) is 13.9. The number of carbonyl (C=O) groups excluding carboxylic acids is 1. The Kier molecular flexibility index (Phi) is 4.74. The summed E-state index contributed by atoms with van der Waals surface area (Å²) in [5, 5.41) is 0.216. The average molecular weight is 352 g/mol. The lowest BCUT2D eigenvalue weighted by Crippen LogP contribution is -2.38. The second kappa shape index (κ2) is 7.31. The van der Waals surface area contributed by atoms with Gasteiger partial charge >= 0.3 is 0 Å². The van der Waals surface area contributed by atoms with Gasteiger partial charge in [0.1, 0.15) is 10.8 Å². The minimum absolute atomic E-state index is 0.151. The number of nitrogens with zero attached hydrogens (tertiary/aromatic N) is 2. The lowest BCUT2D eigenvalue weighted by atomic mass is 10.1. The molecule has 5 heteroatoms. The van der Waals surface area contributed by atoms with E-state index >= 15 is 0 Å². The fourth-order valence-electron chi connectivity index (χ4n) is 3.17. The summed E-state index contributed by atoms with van der Waals surface area (Å²) in [6.07, 6.45) is 3.37. The third-order valence-corrected chi connectivity index (χ3v) is 5.57. The summed E-state index contributed by atoms with van der Waals surface area (Å²) in [5.74, 6) is 0.151. The number of benzene rings is 2. The van der Waals surface area contributed by atoms with Gasteiger partial charge in [0.2, 0.25) is 5.91 Å². The fourth-order valence-corrected chi connectivity index (χ4v) is 4.20. The molecule has 4 nitrogen and oxygen atoms in total. The van der Waals surface area contributed by atoms with Crippen molar-refractivity contribution in [3.63, 3.8) is 0 Å². The van der Waals surface area contributed by atoms with E-state index in [9.17, 15) is 4.79 Å². The quantitative estimate of drug-likeness (QED) is 0.640. The summed E-state index contributed by atoms with van der Waals surface area (Å²) >= 11 is 1.40. The van der Waals surface area contributed by atoms with Crippen LogP contribution >= 0.6 is 11.8 Å². The zero-order chi connectivity index (χ0) is 17.1. The van der Waals surface area contributed by atoms with Crippen molar-refractivity contribution in [2.45, 2.75) is 29.7 Å². The summed E-state index contributed by atoms with van der Waals surface area (Å²) < 4.78 is 5.84. The van der Waals surface area contributed by atoms with Crippen molar-refractivity contribution in [1.29, 1.82) is 0 Å². The Morgan fingerprint density at radius 1 is 1.00 bits per heavy atom. The Morgan fingerprint density at radius 2 is 1.72 bits per heavy atom. The molecule has 0 aliphatic carbocycles. The van der Waals surface area contributed by atoms with Crippen LogP contribution in [0.4, 0.5) is 0 Å². The maximum Gasteiger partial charge on any atom is 0.257 e. The Labute approximate surface area is 151 Å². The van der Waals surface area contributed by atoms with E-state index in [0.717, 1.165) is 42.6 Å². The first kappa shape index (κ1) is 16.2. The Bertz CT molecular complexity index is 823. The molecule has 2 aromatic carbocycles. The van der Waals surface area contributed by atoms with Crippen molar-refractivity contribution in [1.82, 2.24) is 9.88 Å². The molecule has 1 aromatic heterocycles. The van der Waals surface area contributed by atoms with E-state index in [4.69, 9.17) is 4.42 Å². The highest BCUT2D eigenvalue weighted by Crippen LogP contribution is 2.38. The summed E-state index contributed by atoms with van der Waals surface area (Å²) in [6, 6.07) is 17.6. The minimum Gasteiger partial charge on any atom is -0.431 e. The van der Waals surface area contributed by atoms with Crippen molar-refractivity contribution in [3.8, 4) is 0 Å². The van der Waals surface area contributed by atoms with E-state index in [1.807, 2.05) is 59.5 Å². The monoisotopic (exact) mass is 352 g/mol. The van der Waals surface area contributed by atoms with Gasteiger partial charge in [0, 0.05) is 13.1 Å². The highest BCUT2D eigenvalue weighted by Gasteiger charge is 2.29. The molecule has 128 valence electrons. The molecular weight excluding hydrogens is 332 g/mol. The van der Waals surface area contributed by atoms with Crippen LogP contribution in [-0.2, 0) is 4.79 Å². The molecule has 1 aliphatic rings. The molecule has 1 saturated heterocycles. The number of carbonyl (C=O) groups is 1. The van der Waals surface area contributed by atoms with Crippen LogP contribution in [-0.4, -0.2) is 28.9 Å². The SMILES string of the molecule is O=C([C@H](Sc1nc2ccccc2o1)c1ccccc1)N1CCCCC1. The van der Waals surface area contributed by atoms with E-state index in [-0.39, 0.29) is 11.2 Å². The van der Waals surface area contributed by atoms with Crippen LogP contribution in [0.2, 0.25) is 0 Å². The summed E-state index contributed by atoms with van der Waals surface area (Å²) in [4.78, 5) is 19.7. The number of piperidine rings is 1. The highest BCUT2D eigenvalue weighted by molar-refractivity contribution is 8.00. The van der Waals surface area contributed by atoms with Crippen molar-refractivity contribution < 1.29 is 9.21 Å². The van der Waals surface area contributed by atoms with Crippen LogP contribution in [0, 0.1) is 0 Å². The predicted molar refractivity (Wildman–Crippen MR) is 99.5 cm³/mol. The largest absolute Gasteiger partial charge is 0.431 e. The van der Waals surface area contributed by atoms with Gasteiger partial charge in [-0.05, 0) is 48.7 Å². The van der Waals surface area contributed by atoms with Crippen LogP contribution in [0.15, 0.2) is 64.2 Å². The van der Waals surface area contributed by atoms with E-state index < -0.39 is 0 Å². The van der Waals surface area contributed by atoms with Gasteiger partial charge in [-0.15, -0.1) is 0 Å². The smallest absolute Gasteiger partial charge is 0.257 e. The van der Waals surface area contributed by atoms with Gasteiger partial charge in [-0.3, -0.25) is 4.79 Å². The standard InChI is InChI=1S/C20H20N2O2S/c23-19(22-13-7-2-8-14-22)18(15-9-3-1-4-10-15)25-20-21-16-11-5-6-12-17(16)24-20/h1,3-6,9-12,18H,2,7-8,13-14H2/t18-/m1/s1. The molecule has 0 unspecified atom stereocenters. The van der Waals surface area contributed by atoms with Crippen LogP contribution in [0.1, 0.15) is 30.1 Å². The second-order valence-corrected chi connectivity index (χ2v) is 7.30. The summed E-state index contributed by atoms with van der Waals surface area (Å²) in [7, 11) is 0. The molecule has 0 N–H and O–H groups in total. The van der Waals surface area contributed by atoms with Crippen LogP contribution in [0.5, 0.6) is 0 Å². The van der Waals surface area contributed by atoms with Gasteiger partial charge in [0.25, 0.3) is 5.22 Å². The van der Waals surface area contributed by atoms with Gasteiger partial charge < -0.3 is 9.32 Å². The number of fused-ring (bicyclic) bond motifs is 1. The Balaban J connectivity index is 1.63. The number of aromatic nitrogens is 1. The average Bonchev–Trinajstić information content (AvgIpc) is 3.09. The van der Waals surface area contributed by atoms with Crippen molar-refractivity contribution in [2.24, 2.45) is 0 Å². The number of rotatable bonds is 4. The topological polar surface area (TPSA) is 46.3 Å². The molecule has 2 heterocycles. The summed E-state index contributed by atoms with van der Waals surface area (Å²) in [5.41, 5.74) is 2.56. The van der Waals surface area contributed by atoms with Crippen molar-refractivity contribution >= 4 is 28.8 Å². The first-order valence-corrected chi connectivity index (χ1v) is 9.55. The minimum atomic E-state index is -0.327.